The van der Waals surface area contributed by atoms with Gasteiger partial charge in [0.15, 0.2) is 5.72 Å². The van der Waals surface area contributed by atoms with E-state index in [0.717, 1.165) is 33.3 Å². The number of esters is 2. The van der Waals surface area contributed by atoms with E-state index >= 15 is 0 Å². The first kappa shape index (κ1) is 33.2. The molecule has 5 heterocycles. The molecule has 1 aromatic rings. The molecule has 11 nitrogen and oxygen atoms in total. The molecule has 2 unspecified atom stereocenters. The summed E-state index contributed by atoms with van der Waals surface area (Å²) in [5.74, 6) is -0.835. The zero-order valence-corrected chi connectivity index (χ0v) is 27.4. The molecule has 4 N–H and O–H groups in total. The Kier molecular flexibility index (Phi) is 9.15. The number of hydrogen-bond acceptors (Lipinski definition) is 10. The van der Waals surface area contributed by atoms with Gasteiger partial charge in [-0.25, -0.2) is 9.98 Å². The molecule has 8 bridgehead atoms. The summed E-state index contributed by atoms with van der Waals surface area (Å²) in [5.41, 5.74) is 5.29. The van der Waals surface area contributed by atoms with Crippen LogP contribution in [0.4, 0.5) is 0 Å². The zero-order valence-electron chi connectivity index (χ0n) is 27.4. The van der Waals surface area contributed by atoms with Gasteiger partial charge in [0.05, 0.1) is 55.2 Å². The number of carbonyl (C=O) groups excluding carboxylic acids is 2. The molecular formula is C36H39N5O6. The molecule has 5 rings (SSSR count). The Morgan fingerprint density at radius 3 is 2.43 bits per heavy atom. The van der Waals surface area contributed by atoms with Gasteiger partial charge in [0.1, 0.15) is 0 Å². The Hall–Kier alpha value is -5.13. The Morgan fingerprint density at radius 2 is 1.74 bits per heavy atom. The van der Waals surface area contributed by atoms with E-state index in [1.54, 1.807) is 18.2 Å². The number of fused-ring (bicyclic) bond motifs is 6. The summed E-state index contributed by atoms with van der Waals surface area (Å²) < 4.78 is 9.90. The van der Waals surface area contributed by atoms with Gasteiger partial charge < -0.3 is 24.8 Å². The van der Waals surface area contributed by atoms with Crippen molar-refractivity contribution in [1.29, 1.82) is 0 Å². The van der Waals surface area contributed by atoms with Crippen LogP contribution in [-0.4, -0.2) is 70.4 Å². The van der Waals surface area contributed by atoms with Crippen LogP contribution >= 0.6 is 0 Å². The number of aliphatic imine (C=N–C) groups is 2. The van der Waals surface area contributed by atoms with Crippen molar-refractivity contribution in [2.45, 2.75) is 58.2 Å². The molecule has 0 saturated carbocycles. The molecule has 0 spiro atoms. The summed E-state index contributed by atoms with van der Waals surface area (Å²) in [4.78, 5) is 38.1. The molecule has 0 aromatic carbocycles. The Morgan fingerprint density at radius 1 is 1.00 bits per heavy atom. The van der Waals surface area contributed by atoms with E-state index in [0.29, 0.717) is 45.6 Å². The summed E-state index contributed by atoms with van der Waals surface area (Å²) in [7, 11) is 2.66. The number of ether oxygens (including phenoxy) is 2. The predicted molar refractivity (Wildman–Crippen MR) is 182 cm³/mol. The van der Waals surface area contributed by atoms with Crippen LogP contribution in [-0.2, 0) is 19.1 Å². The lowest BCUT2D eigenvalue weighted by molar-refractivity contribution is -0.141. The number of allylic oxidation sites excluding steroid dienone is 5. The second kappa shape index (κ2) is 12.9. The van der Waals surface area contributed by atoms with Crippen molar-refractivity contribution >= 4 is 47.3 Å². The highest BCUT2D eigenvalue weighted by Crippen LogP contribution is 2.37. The normalized spacial score (nSPS) is 23.7. The number of nitrogens with zero attached hydrogens (tertiary/aromatic N) is 3. The lowest BCUT2D eigenvalue weighted by atomic mass is 9.96. The minimum atomic E-state index is -1.57. The number of oxime groups is 1. The topological polar surface area (TPSA) is 158 Å². The number of aliphatic hydroxyl groups is 1. The number of methoxy groups -OCH3 is 2. The molecule has 4 aliphatic heterocycles. The molecule has 0 fully saturated rings. The fourth-order valence-corrected chi connectivity index (χ4v) is 6.23. The first-order chi connectivity index (χ1) is 22.4. The molecule has 0 radical (unpaired) electrons. The molecule has 0 saturated heterocycles. The molecule has 0 amide bonds. The second-order valence-corrected chi connectivity index (χ2v) is 11.9. The van der Waals surface area contributed by atoms with Crippen molar-refractivity contribution in [1.82, 2.24) is 10.3 Å². The van der Waals surface area contributed by atoms with Crippen molar-refractivity contribution in [3.05, 3.63) is 98.5 Å². The SMILES string of the molecule is C=CC12C=C3N=C(C=C3C)C=c3[nH]c(c(C(=CC=NO)CC(=O)OC)c3C)=CC3=NC(=CC(O)(N1)C(C)=C2)C(C)=C3CCC(=O)OC. The highest BCUT2D eigenvalue weighted by atomic mass is 16.5. The van der Waals surface area contributed by atoms with E-state index in [2.05, 4.69) is 22.0 Å². The van der Waals surface area contributed by atoms with Crippen LogP contribution in [0.2, 0.25) is 0 Å². The Balaban J connectivity index is 1.85. The first-order valence-corrected chi connectivity index (χ1v) is 15.2. The fraction of sp³-hybridized carbons (Fsp3) is 0.306. The van der Waals surface area contributed by atoms with Crippen LogP contribution in [0.1, 0.15) is 51.2 Å². The van der Waals surface area contributed by atoms with E-state index in [1.165, 1.54) is 20.4 Å². The molecule has 11 heteroatoms. The van der Waals surface area contributed by atoms with Gasteiger partial charge in [0.2, 0.25) is 0 Å². The van der Waals surface area contributed by atoms with Gasteiger partial charge in [-0.1, -0.05) is 17.3 Å². The standard InChI is InChI=1S/C36H39N5O6/c1-8-35-17-21(3)36(44,41-35)19-31-22(4)26(9-10-32(42)46-6)28(40-31)16-29-34(24(11-12-37-45)14-33(43)47-7)23(5)27(39-29)15-25-13-20(2)30(18-35)38-25/h8,11-13,15-19,39,41,44-45H,1,9-10,14H2,2-7H3. The third-order valence-corrected chi connectivity index (χ3v) is 8.85. The fourth-order valence-electron chi connectivity index (χ4n) is 6.23. The van der Waals surface area contributed by atoms with Gasteiger partial charge in [0.25, 0.3) is 0 Å². The Bertz CT molecular complexity index is 1980. The average Bonchev–Trinajstić information content (AvgIpc) is 3.70. The number of hydrogen-bond donors (Lipinski definition) is 4. The second-order valence-electron chi connectivity index (χ2n) is 11.9. The number of rotatable bonds is 8. The minimum absolute atomic E-state index is 0.0933. The van der Waals surface area contributed by atoms with E-state index in [9.17, 15) is 19.9 Å². The number of aromatic amines is 1. The summed E-state index contributed by atoms with van der Waals surface area (Å²) >= 11 is 0. The van der Waals surface area contributed by atoms with Gasteiger partial charge >= 0.3 is 11.9 Å². The van der Waals surface area contributed by atoms with E-state index < -0.39 is 17.2 Å². The monoisotopic (exact) mass is 637 g/mol. The van der Waals surface area contributed by atoms with Gasteiger partial charge in [-0.3, -0.25) is 14.9 Å². The van der Waals surface area contributed by atoms with Crippen LogP contribution in [0.25, 0.3) is 17.7 Å². The smallest absolute Gasteiger partial charge is 0.310 e. The molecule has 1 aromatic heterocycles. The summed E-state index contributed by atoms with van der Waals surface area (Å²) in [6.07, 6.45) is 16.1. The molecule has 47 heavy (non-hydrogen) atoms. The van der Waals surface area contributed by atoms with Crippen molar-refractivity contribution in [2.75, 3.05) is 14.2 Å². The molecular weight excluding hydrogens is 598 g/mol. The van der Waals surface area contributed by atoms with E-state index in [4.69, 9.17) is 19.5 Å². The third-order valence-electron chi connectivity index (χ3n) is 8.85. The van der Waals surface area contributed by atoms with E-state index in [-0.39, 0.29) is 18.8 Å². The first-order valence-electron chi connectivity index (χ1n) is 15.2. The Labute approximate surface area is 272 Å². The highest BCUT2D eigenvalue weighted by Gasteiger charge is 2.43. The largest absolute Gasteiger partial charge is 0.469 e. The van der Waals surface area contributed by atoms with Crippen LogP contribution in [0.15, 0.2) is 91.9 Å². The van der Waals surface area contributed by atoms with Gasteiger partial charge in [0, 0.05) is 22.7 Å². The van der Waals surface area contributed by atoms with Crippen LogP contribution in [0, 0.1) is 6.92 Å². The number of nitrogens with one attached hydrogen (secondary N) is 2. The maximum atomic E-state index is 12.5. The van der Waals surface area contributed by atoms with Gasteiger partial charge in [-0.15, -0.1) is 6.58 Å². The van der Waals surface area contributed by atoms with Crippen LogP contribution in [0.3, 0.4) is 0 Å². The summed E-state index contributed by atoms with van der Waals surface area (Å²) in [6.45, 7) is 11.7. The zero-order chi connectivity index (χ0) is 34.1. The summed E-state index contributed by atoms with van der Waals surface area (Å²) in [5, 5.41) is 29.0. The molecule has 244 valence electrons. The van der Waals surface area contributed by atoms with Crippen molar-refractivity contribution in [3.63, 3.8) is 0 Å². The van der Waals surface area contributed by atoms with Gasteiger partial charge in [-0.05, 0) is 104 Å². The number of carbonyl (C=O) groups is 2. The third kappa shape index (κ3) is 6.45. The van der Waals surface area contributed by atoms with Crippen molar-refractivity contribution in [2.24, 2.45) is 15.1 Å². The molecule has 0 aliphatic carbocycles. The number of H-pyrrole nitrogens is 1. The van der Waals surface area contributed by atoms with Crippen LogP contribution in [0.5, 0.6) is 0 Å². The maximum absolute atomic E-state index is 12.5. The lowest BCUT2D eigenvalue weighted by Crippen LogP contribution is -2.50. The molecule has 4 aliphatic rings. The minimum Gasteiger partial charge on any atom is -0.469 e. The van der Waals surface area contributed by atoms with Crippen LogP contribution < -0.4 is 16.0 Å². The predicted octanol–water partition coefficient (Wildman–Crippen LogP) is 3.36. The van der Waals surface area contributed by atoms with Crippen molar-refractivity contribution < 1.29 is 29.4 Å². The number of aromatic nitrogens is 1. The van der Waals surface area contributed by atoms with Crippen molar-refractivity contribution in [3.8, 4) is 0 Å². The van der Waals surface area contributed by atoms with Gasteiger partial charge in [-0.2, -0.15) is 0 Å². The van der Waals surface area contributed by atoms with E-state index in [1.807, 2.05) is 58.1 Å². The maximum Gasteiger partial charge on any atom is 0.310 e. The lowest BCUT2D eigenvalue weighted by Gasteiger charge is -2.29. The quantitative estimate of drug-likeness (QED) is 0.112. The highest BCUT2D eigenvalue weighted by molar-refractivity contribution is 6.24. The summed E-state index contributed by atoms with van der Waals surface area (Å²) in [6, 6.07) is 0. The average molecular weight is 638 g/mol. The molecule has 2 atom stereocenters.